The second-order valence-electron chi connectivity index (χ2n) is 8.32. The quantitative estimate of drug-likeness (QED) is 0.541. The normalized spacial score (nSPS) is 19.7. The first-order valence-corrected chi connectivity index (χ1v) is 12.9. The number of aromatic nitrogens is 1. The van der Waals surface area contributed by atoms with E-state index in [1.807, 2.05) is 17.0 Å². The van der Waals surface area contributed by atoms with Crippen LogP contribution < -0.4 is 4.90 Å². The summed E-state index contributed by atoms with van der Waals surface area (Å²) in [4.78, 5) is 6.03. The molecule has 6 nitrogen and oxygen atoms in total. The summed E-state index contributed by atoms with van der Waals surface area (Å²) in [7, 11) is -3.64. The minimum Gasteiger partial charge on any atom is -0.376 e. The topological polar surface area (TPSA) is 73.7 Å². The highest BCUT2D eigenvalue weighted by atomic mass is 32.2. The molecule has 1 saturated heterocycles. The van der Waals surface area contributed by atoms with Crippen molar-refractivity contribution in [2.75, 3.05) is 24.5 Å². The molecule has 3 aromatic rings. The summed E-state index contributed by atoms with van der Waals surface area (Å²) in [6.07, 6.45) is -0.950. The summed E-state index contributed by atoms with van der Waals surface area (Å²) < 4.78 is 67.6. The van der Waals surface area contributed by atoms with Gasteiger partial charge in [-0.05, 0) is 60.2 Å². The van der Waals surface area contributed by atoms with Gasteiger partial charge in [0.2, 0.25) is 0 Å². The fourth-order valence-electron chi connectivity index (χ4n) is 4.03. The van der Waals surface area contributed by atoms with Gasteiger partial charge in [0.05, 0.1) is 0 Å². The van der Waals surface area contributed by atoms with Gasteiger partial charge in [-0.1, -0.05) is 18.2 Å². The number of aliphatic hydroxyl groups is 1. The third kappa shape index (κ3) is 4.83. The summed E-state index contributed by atoms with van der Waals surface area (Å²) in [5.74, 6) is 0. The minimum atomic E-state index is -4.81. The number of halogens is 3. The molecule has 1 aromatic carbocycles. The van der Waals surface area contributed by atoms with Crippen molar-refractivity contribution in [2.45, 2.75) is 35.4 Å². The van der Waals surface area contributed by atoms with Gasteiger partial charge < -0.3 is 10.0 Å². The monoisotopic (exact) mass is 511 g/mol. The zero-order chi connectivity index (χ0) is 24.6. The lowest BCUT2D eigenvalue weighted by atomic mass is 9.94. The van der Waals surface area contributed by atoms with Crippen molar-refractivity contribution in [3.05, 3.63) is 77.4 Å². The van der Waals surface area contributed by atoms with Crippen LogP contribution in [0, 0.1) is 0 Å². The van der Waals surface area contributed by atoms with Crippen molar-refractivity contribution in [3.63, 3.8) is 0 Å². The Bertz CT molecular complexity index is 1200. The van der Waals surface area contributed by atoms with Crippen LogP contribution in [0.2, 0.25) is 0 Å². The van der Waals surface area contributed by atoms with E-state index in [1.165, 1.54) is 16.4 Å². The second kappa shape index (κ2) is 9.29. The maximum absolute atomic E-state index is 13.2. The minimum absolute atomic E-state index is 0.227. The van der Waals surface area contributed by atoms with E-state index in [-0.39, 0.29) is 28.9 Å². The molecule has 1 aliphatic heterocycles. The molecule has 0 spiro atoms. The number of hydrogen-bond acceptors (Lipinski definition) is 6. The number of thiophene rings is 1. The van der Waals surface area contributed by atoms with Gasteiger partial charge in [-0.3, -0.25) is 4.98 Å². The largest absolute Gasteiger partial charge is 0.421 e. The average molecular weight is 512 g/mol. The first-order valence-electron chi connectivity index (χ1n) is 10.6. The molecule has 0 bridgehead atoms. The average Bonchev–Trinajstić information content (AvgIpc) is 3.35. The lowest BCUT2D eigenvalue weighted by molar-refractivity contribution is -0.258. The second-order valence-corrected chi connectivity index (χ2v) is 11.4. The van der Waals surface area contributed by atoms with Gasteiger partial charge >= 0.3 is 6.18 Å². The Labute approximate surface area is 200 Å². The first-order chi connectivity index (χ1) is 16.0. The van der Waals surface area contributed by atoms with Crippen LogP contribution in [0.1, 0.15) is 18.1 Å². The number of sulfonamides is 1. The molecule has 3 heterocycles. The van der Waals surface area contributed by atoms with Crippen molar-refractivity contribution in [1.29, 1.82) is 0 Å². The van der Waals surface area contributed by atoms with Crippen LogP contribution in [0.25, 0.3) is 0 Å². The Morgan fingerprint density at radius 3 is 2.35 bits per heavy atom. The van der Waals surface area contributed by atoms with Crippen LogP contribution in [-0.2, 0) is 22.0 Å². The summed E-state index contributed by atoms with van der Waals surface area (Å²) in [6, 6.07) is 12.3. The van der Waals surface area contributed by atoms with Crippen LogP contribution >= 0.6 is 11.3 Å². The Morgan fingerprint density at radius 2 is 1.76 bits per heavy atom. The predicted octanol–water partition coefficient (Wildman–Crippen LogP) is 4.04. The van der Waals surface area contributed by atoms with Crippen molar-refractivity contribution in [3.8, 4) is 0 Å². The fraction of sp³-hybridized carbons (Fsp3) is 0.348. The summed E-state index contributed by atoms with van der Waals surface area (Å²) in [6.45, 7) is 1.57. The molecule has 0 saturated carbocycles. The van der Waals surface area contributed by atoms with Gasteiger partial charge in [0.1, 0.15) is 4.21 Å². The van der Waals surface area contributed by atoms with Crippen molar-refractivity contribution < 1.29 is 26.7 Å². The highest BCUT2D eigenvalue weighted by Crippen LogP contribution is 2.39. The van der Waals surface area contributed by atoms with Crippen LogP contribution in [0.5, 0.6) is 0 Å². The molecule has 2 aromatic heterocycles. The molecule has 11 heteroatoms. The SMILES string of the molecule is CC(O)(c1ccc(N2CCN(S(=O)(=O)c3cccs3)CC2Cc2ccncc2)cc1)C(F)(F)F. The Morgan fingerprint density at radius 1 is 1.09 bits per heavy atom. The molecule has 0 amide bonds. The maximum Gasteiger partial charge on any atom is 0.421 e. The van der Waals surface area contributed by atoms with Gasteiger partial charge in [-0.15, -0.1) is 11.3 Å². The number of nitrogens with zero attached hydrogens (tertiary/aromatic N) is 3. The molecular weight excluding hydrogens is 487 g/mol. The number of anilines is 1. The molecule has 1 N–H and O–H groups in total. The molecule has 34 heavy (non-hydrogen) atoms. The third-order valence-electron chi connectivity index (χ3n) is 6.07. The standard InChI is InChI=1S/C23H24F3N3O3S2/c1-22(30,23(24,25)26)18-4-6-19(7-5-18)29-13-12-28(34(31,32)21-3-2-14-33-21)16-20(29)15-17-8-10-27-11-9-17/h2-11,14,20,30H,12-13,15-16H2,1H3. The molecular formula is C23H24F3N3O3S2. The lowest BCUT2D eigenvalue weighted by Crippen LogP contribution is -2.55. The fourth-order valence-corrected chi connectivity index (χ4v) is 6.64. The maximum atomic E-state index is 13.2. The van der Waals surface area contributed by atoms with Gasteiger partial charge in [0.15, 0.2) is 5.60 Å². The van der Waals surface area contributed by atoms with Crippen LogP contribution in [-0.4, -0.2) is 54.7 Å². The van der Waals surface area contributed by atoms with E-state index in [4.69, 9.17) is 0 Å². The third-order valence-corrected chi connectivity index (χ3v) is 9.31. The van der Waals surface area contributed by atoms with Crippen molar-refractivity contribution >= 4 is 27.0 Å². The van der Waals surface area contributed by atoms with E-state index in [1.54, 1.807) is 42.0 Å². The summed E-state index contributed by atoms with van der Waals surface area (Å²) in [5.41, 5.74) is -1.59. The van der Waals surface area contributed by atoms with Crippen LogP contribution in [0.3, 0.4) is 0 Å². The molecule has 0 aliphatic carbocycles. The number of hydrogen-bond donors (Lipinski definition) is 1. The first kappa shape index (κ1) is 24.6. The van der Waals surface area contributed by atoms with E-state index in [0.717, 1.165) is 23.8 Å². The van der Waals surface area contributed by atoms with Crippen LogP contribution in [0.15, 0.2) is 70.5 Å². The summed E-state index contributed by atoms with van der Waals surface area (Å²) >= 11 is 1.16. The molecule has 1 fully saturated rings. The van der Waals surface area contributed by atoms with E-state index < -0.39 is 21.8 Å². The van der Waals surface area contributed by atoms with Crippen LogP contribution in [0.4, 0.5) is 18.9 Å². The van der Waals surface area contributed by atoms with Crippen molar-refractivity contribution in [2.24, 2.45) is 0 Å². The zero-order valence-electron chi connectivity index (χ0n) is 18.3. The molecule has 4 rings (SSSR count). The zero-order valence-corrected chi connectivity index (χ0v) is 19.9. The smallest absolute Gasteiger partial charge is 0.376 e. The Hall–Kier alpha value is -2.47. The van der Waals surface area contributed by atoms with E-state index >= 15 is 0 Å². The molecule has 2 atom stereocenters. The summed E-state index contributed by atoms with van der Waals surface area (Å²) in [5, 5.41) is 11.7. The number of alkyl halides is 3. The van der Waals surface area contributed by atoms with Gasteiger partial charge in [0, 0.05) is 43.8 Å². The number of pyridine rings is 1. The molecule has 2 unspecified atom stereocenters. The Kier molecular flexibility index (Phi) is 6.74. The Balaban J connectivity index is 1.62. The molecule has 0 radical (unpaired) electrons. The van der Waals surface area contributed by atoms with E-state index in [2.05, 4.69) is 4.98 Å². The highest BCUT2D eigenvalue weighted by Gasteiger charge is 2.51. The number of rotatable bonds is 6. The predicted molar refractivity (Wildman–Crippen MR) is 124 cm³/mol. The highest BCUT2D eigenvalue weighted by molar-refractivity contribution is 7.91. The lowest BCUT2D eigenvalue weighted by Gasteiger charge is -2.42. The van der Waals surface area contributed by atoms with Gasteiger partial charge in [-0.25, -0.2) is 8.42 Å². The molecule has 1 aliphatic rings. The van der Waals surface area contributed by atoms with Crippen molar-refractivity contribution in [1.82, 2.24) is 9.29 Å². The van der Waals surface area contributed by atoms with E-state index in [9.17, 15) is 26.7 Å². The van der Waals surface area contributed by atoms with Gasteiger partial charge in [0.25, 0.3) is 10.0 Å². The number of benzene rings is 1. The van der Waals surface area contributed by atoms with Gasteiger partial charge in [-0.2, -0.15) is 17.5 Å². The van der Waals surface area contributed by atoms with E-state index in [0.29, 0.717) is 18.7 Å². The number of piperazine rings is 1. The molecule has 182 valence electrons.